The van der Waals surface area contributed by atoms with Crippen LogP contribution in [0.3, 0.4) is 0 Å². The van der Waals surface area contributed by atoms with Crippen LogP contribution < -0.4 is 10.7 Å². The van der Waals surface area contributed by atoms with Crippen LogP contribution in [-0.4, -0.2) is 20.9 Å². The van der Waals surface area contributed by atoms with Crippen molar-refractivity contribution >= 4 is 29.2 Å². The van der Waals surface area contributed by atoms with E-state index in [0.717, 1.165) is 18.2 Å². The molecule has 8 nitrogen and oxygen atoms in total. The van der Waals surface area contributed by atoms with Crippen LogP contribution in [0.4, 0.5) is 11.4 Å². The van der Waals surface area contributed by atoms with E-state index in [-0.39, 0.29) is 22.5 Å². The number of nitrogens with zero attached hydrogens (tertiary/aromatic N) is 3. The van der Waals surface area contributed by atoms with Crippen molar-refractivity contribution in [1.82, 2.24) is 9.78 Å². The molecule has 2 aromatic carbocycles. The smallest absolute Gasteiger partial charge is 0.280 e. The summed E-state index contributed by atoms with van der Waals surface area (Å²) in [5, 5.41) is 26.1. The van der Waals surface area contributed by atoms with Crippen molar-refractivity contribution in [2.45, 2.75) is 6.92 Å². The van der Waals surface area contributed by atoms with Crippen LogP contribution in [-0.2, 0) is 0 Å². The SMILES string of the molecule is Cc1[nH]n(-c2ccc(Cl)cc2)c(=O)c1C=Nc1cc([N+](=O)[O-])ccc1[O-]. The van der Waals surface area contributed by atoms with Gasteiger partial charge in [-0.2, -0.15) is 0 Å². The van der Waals surface area contributed by atoms with Crippen molar-refractivity contribution in [2.24, 2.45) is 4.99 Å². The normalized spacial score (nSPS) is 11.2. The summed E-state index contributed by atoms with van der Waals surface area (Å²) in [7, 11) is 0. The molecule has 0 saturated carbocycles. The number of aliphatic imine (C=N–C) groups is 1. The van der Waals surface area contributed by atoms with E-state index in [4.69, 9.17) is 11.6 Å². The van der Waals surface area contributed by atoms with E-state index >= 15 is 0 Å². The second-order valence-corrected chi connectivity index (χ2v) is 5.87. The average molecular weight is 372 g/mol. The topological polar surface area (TPSA) is 116 Å². The molecule has 0 aliphatic heterocycles. The summed E-state index contributed by atoms with van der Waals surface area (Å²) in [6.07, 6.45) is 1.22. The van der Waals surface area contributed by atoms with Crippen molar-refractivity contribution in [2.75, 3.05) is 0 Å². The molecule has 0 aliphatic carbocycles. The van der Waals surface area contributed by atoms with E-state index in [0.29, 0.717) is 16.4 Å². The Morgan fingerprint density at radius 2 is 1.92 bits per heavy atom. The molecule has 3 aromatic rings. The van der Waals surface area contributed by atoms with Gasteiger partial charge < -0.3 is 5.11 Å². The molecule has 0 aliphatic rings. The highest BCUT2D eigenvalue weighted by Gasteiger charge is 2.11. The Labute approximate surface area is 152 Å². The number of nitrogens with one attached hydrogen (secondary N) is 1. The number of hydrogen-bond donors (Lipinski definition) is 1. The second kappa shape index (κ2) is 6.85. The predicted molar refractivity (Wildman–Crippen MR) is 95.9 cm³/mol. The Morgan fingerprint density at radius 1 is 1.23 bits per heavy atom. The van der Waals surface area contributed by atoms with E-state index in [1.54, 1.807) is 31.2 Å². The molecule has 1 heterocycles. The molecule has 0 unspecified atom stereocenters. The van der Waals surface area contributed by atoms with Gasteiger partial charge >= 0.3 is 0 Å². The van der Waals surface area contributed by atoms with Crippen LogP contribution in [0.5, 0.6) is 5.75 Å². The largest absolute Gasteiger partial charge is 0.871 e. The number of rotatable bonds is 4. The summed E-state index contributed by atoms with van der Waals surface area (Å²) < 4.78 is 1.32. The first-order chi connectivity index (χ1) is 12.4. The summed E-state index contributed by atoms with van der Waals surface area (Å²) >= 11 is 5.85. The summed E-state index contributed by atoms with van der Waals surface area (Å²) in [6.45, 7) is 1.68. The van der Waals surface area contributed by atoms with Crippen molar-refractivity contribution in [3.05, 3.63) is 79.2 Å². The Kier molecular flexibility index (Phi) is 4.59. The zero-order valence-corrected chi connectivity index (χ0v) is 14.2. The standard InChI is InChI=1S/C17H13ClN4O4/c1-10-14(9-19-15-8-13(22(25)26)6-7-16(15)23)17(24)21(20-10)12-4-2-11(18)3-5-12/h2-9,20,23H,1H3/p-1. The molecule has 9 heteroatoms. The van der Waals surface area contributed by atoms with Crippen LogP contribution in [0.25, 0.3) is 5.69 Å². The van der Waals surface area contributed by atoms with Crippen LogP contribution in [0.2, 0.25) is 5.02 Å². The van der Waals surface area contributed by atoms with Crippen LogP contribution in [0.1, 0.15) is 11.3 Å². The van der Waals surface area contributed by atoms with E-state index in [2.05, 4.69) is 10.1 Å². The maximum Gasteiger partial charge on any atom is 0.280 e. The molecule has 0 spiro atoms. The third kappa shape index (κ3) is 3.35. The first-order valence-electron chi connectivity index (χ1n) is 7.44. The zero-order chi connectivity index (χ0) is 18.8. The quantitative estimate of drug-likeness (QED) is 0.431. The molecule has 26 heavy (non-hydrogen) atoms. The van der Waals surface area contributed by atoms with Gasteiger partial charge in [-0.05, 0) is 31.2 Å². The Hall–Kier alpha value is -3.39. The van der Waals surface area contributed by atoms with Gasteiger partial charge in [-0.25, -0.2) is 4.68 Å². The van der Waals surface area contributed by atoms with Crippen molar-refractivity contribution < 1.29 is 10.0 Å². The number of halogens is 1. The van der Waals surface area contributed by atoms with Crippen LogP contribution >= 0.6 is 11.6 Å². The van der Waals surface area contributed by atoms with Gasteiger partial charge in [0, 0.05) is 29.1 Å². The van der Waals surface area contributed by atoms with Gasteiger partial charge in [0.1, 0.15) is 0 Å². The summed E-state index contributed by atoms with van der Waals surface area (Å²) in [4.78, 5) is 26.7. The molecule has 0 fully saturated rings. The lowest BCUT2D eigenvalue weighted by Gasteiger charge is -2.07. The number of nitro benzene ring substituents is 1. The first kappa shape index (κ1) is 17.4. The number of aromatic nitrogens is 2. The highest BCUT2D eigenvalue weighted by atomic mass is 35.5. The lowest BCUT2D eigenvalue weighted by atomic mass is 10.2. The lowest BCUT2D eigenvalue weighted by molar-refractivity contribution is -0.385. The maximum atomic E-state index is 12.6. The molecule has 132 valence electrons. The number of non-ortho nitro benzene ring substituents is 1. The minimum atomic E-state index is -0.618. The molecule has 1 aromatic heterocycles. The van der Waals surface area contributed by atoms with Gasteiger partial charge in [0.2, 0.25) is 0 Å². The van der Waals surface area contributed by atoms with Gasteiger partial charge in [0.25, 0.3) is 11.2 Å². The maximum absolute atomic E-state index is 12.6. The second-order valence-electron chi connectivity index (χ2n) is 5.43. The number of benzene rings is 2. The van der Waals surface area contributed by atoms with Gasteiger partial charge in [0.15, 0.2) is 0 Å². The van der Waals surface area contributed by atoms with E-state index in [1.165, 1.54) is 10.9 Å². The summed E-state index contributed by atoms with van der Waals surface area (Å²) in [6, 6.07) is 9.91. The molecule has 0 amide bonds. The molecule has 1 N–H and O–H groups in total. The van der Waals surface area contributed by atoms with E-state index in [9.17, 15) is 20.0 Å². The van der Waals surface area contributed by atoms with Crippen LogP contribution in [0, 0.1) is 17.0 Å². The molecule has 0 saturated heterocycles. The summed E-state index contributed by atoms with van der Waals surface area (Å²) in [5.41, 5.74) is 0.629. The molecule has 0 atom stereocenters. The molecular weight excluding hydrogens is 360 g/mol. The third-order valence-electron chi connectivity index (χ3n) is 3.69. The van der Waals surface area contributed by atoms with Crippen molar-refractivity contribution in [1.29, 1.82) is 0 Å². The van der Waals surface area contributed by atoms with Crippen molar-refractivity contribution in [3.63, 3.8) is 0 Å². The van der Waals surface area contributed by atoms with Crippen molar-refractivity contribution in [3.8, 4) is 11.4 Å². The number of aromatic amines is 1. The van der Waals surface area contributed by atoms with E-state index in [1.807, 2.05) is 0 Å². The Balaban J connectivity index is 2.00. The fraction of sp³-hybridized carbons (Fsp3) is 0.0588. The molecular formula is C17H12ClN4O4-. The average Bonchev–Trinajstić information content (AvgIpc) is 2.89. The monoisotopic (exact) mass is 371 g/mol. The lowest BCUT2D eigenvalue weighted by Crippen LogP contribution is -2.17. The zero-order valence-electron chi connectivity index (χ0n) is 13.5. The van der Waals surface area contributed by atoms with Gasteiger partial charge in [-0.15, -0.1) is 0 Å². The van der Waals surface area contributed by atoms with Gasteiger partial charge in [-0.3, -0.25) is 25.0 Å². The predicted octanol–water partition coefficient (Wildman–Crippen LogP) is 2.86. The van der Waals surface area contributed by atoms with Gasteiger partial charge in [0.05, 0.1) is 21.9 Å². The van der Waals surface area contributed by atoms with Gasteiger partial charge in [-0.1, -0.05) is 23.4 Å². The number of H-pyrrole nitrogens is 1. The number of aryl methyl sites for hydroxylation is 1. The van der Waals surface area contributed by atoms with Crippen LogP contribution in [0.15, 0.2) is 52.3 Å². The summed E-state index contributed by atoms with van der Waals surface area (Å²) in [5.74, 6) is -0.474. The Morgan fingerprint density at radius 3 is 2.58 bits per heavy atom. The fourth-order valence-corrected chi connectivity index (χ4v) is 2.46. The number of nitro groups is 1. The first-order valence-corrected chi connectivity index (χ1v) is 7.81. The minimum Gasteiger partial charge on any atom is -0.871 e. The molecule has 0 radical (unpaired) electrons. The molecule has 3 rings (SSSR count). The highest BCUT2D eigenvalue weighted by Crippen LogP contribution is 2.28. The Bertz CT molecular complexity index is 1070. The highest BCUT2D eigenvalue weighted by molar-refractivity contribution is 6.30. The molecule has 0 bridgehead atoms. The third-order valence-corrected chi connectivity index (χ3v) is 3.94. The van der Waals surface area contributed by atoms with E-state index < -0.39 is 10.7 Å². The fourth-order valence-electron chi connectivity index (χ4n) is 2.34. The number of hydrogen-bond acceptors (Lipinski definition) is 5. The minimum absolute atomic E-state index is 0.114.